The number of fused-ring (bicyclic) bond motifs is 1. The highest BCUT2D eigenvalue weighted by Crippen LogP contribution is 2.28. The molecule has 0 bridgehead atoms. The van der Waals surface area contributed by atoms with Crippen LogP contribution in [-0.4, -0.2) is 26.1 Å². The molecule has 0 saturated carbocycles. The minimum Gasteiger partial charge on any atom is -0.370 e. The summed E-state index contributed by atoms with van der Waals surface area (Å²) in [7, 11) is 0. The molecular weight excluding hydrogens is 282 g/mol. The second kappa shape index (κ2) is 5.44. The van der Waals surface area contributed by atoms with Crippen molar-refractivity contribution in [3.63, 3.8) is 0 Å². The van der Waals surface area contributed by atoms with Gasteiger partial charge in [-0.3, -0.25) is 24.7 Å². The molecule has 1 aromatic carbocycles. The quantitative estimate of drug-likeness (QED) is 0.664. The highest BCUT2D eigenvalue weighted by molar-refractivity contribution is 5.77. The summed E-state index contributed by atoms with van der Waals surface area (Å²) in [6, 6.07) is 5.50. The van der Waals surface area contributed by atoms with Crippen molar-refractivity contribution in [3.8, 4) is 0 Å². The molecule has 1 amide bonds. The first-order chi connectivity index (χ1) is 10.6. The van der Waals surface area contributed by atoms with Crippen molar-refractivity contribution in [1.29, 1.82) is 0 Å². The fraction of sp³-hybridized carbons (Fsp3) is 0.200. The molecule has 1 atom stereocenters. The molecule has 0 fully saturated rings. The fourth-order valence-corrected chi connectivity index (χ4v) is 2.66. The molecule has 0 saturated heterocycles. The third-order valence-electron chi connectivity index (χ3n) is 3.66. The van der Waals surface area contributed by atoms with E-state index in [-0.39, 0.29) is 12.0 Å². The Kier molecular flexibility index (Phi) is 3.46. The van der Waals surface area contributed by atoms with E-state index in [9.17, 15) is 9.59 Å². The van der Waals surface area contributed by atoms with Crippen LogP contribution in [0, 0.1) is 6.92 Å². The Morgan fingerprint density at radius 2 is 1.95 bits per heavy atom. The Hall–Kier alpha value is -2.96. The number of nitrogens with one attached hydrogen (secondary N) is 2. The summed E-state index contributed by atoms with van der Waals surface area (Å²) in [6.45, 7) is 1.78. The number of hydrogen-bond acceptors (Lipinski definition) is 4. The van der Waals surface area contributed by atoms with Crippen LogP contribution in [0.2, 0.25) is 0 Å². The molecule has 112 valence electrons. The minimum absolute atomic E-state index is 0.0491. The van der Waals surface area contributed by atoms with Gasteiger partial charge in [0.1, 0.15) is 0 Å². The van der Waals surface area contributed by atoms with Gasteiger partial charge in [0.05, 0.1) is 11.0 Å². The van der Waals surface area contributed by atoms with Crippen LogP contribution in [0.25, 0.3) is 11.0 Å². The molecular formula is C15H15N5O2. The highest BCUT2D eigenvalue weighted by Gasteiger charge is 2.23. The number of benzene rings is 1. The second-order valence-corrected chi connectivity index (χ2v) is 5.15. The summed E-state index contributed by atoms with van der Waals surface area (Å²) in [5, 5.41) is 5.32. The van der Waals surface area contributed by atoms with Gasteiger partial charge in [-0.05, 0) is 24.6 Å². The first kappa shape index (κ1) is 14.0. The average Bonchev–Trinajstić information content (AvgIpc) is 2.83. The number of aryl methyl sites for hydroxylation is 1. The molecule has 3 rings (SSSR count). The number of H-pyrrole nitrogens is 2. The van der Waals surface area contributed by atoms with Crippen molar-refractivity contribution in [1.82, 2.24) is 20.2 Å². The lowest BCUT2D eigenvalue weighted by molar-refractivity contribution is -0.118. The van der Waals surface area contributed by atoms with Crippen molar-refractivity contribution in [2.24, 2.45) is 5.73 Å². The van der Waals surface area contributed by atoms with Gasteiger partial charge in [0, 0.05) is 36.0 Å². The predicted octanol–water partition coefficient (Wildman–Crippen LogP) is 0.962. The number of carbonyl (C=O) groups is 1. The summed E-state index contributed by atoms with van der Waals surface area (Å²) >= 11 is 0. The Morgan fingerprint density at radius 1 is 1.23 bits per heavy atom. The van der Waals surface area contributed by atoms with Crippen LogP contribution < -0.4 is 11.3 Å². The van der Waals surface area contributed by atoms with Crippen LogP contribution in [0.1, 0.15) is 29.2 Å². The molecule has 0 spiro atoms. The topological polar surface area (TPSA) is 118 Å². The second-order valence-electron chi connectivity index (χ2n) is 5.15. The van der Waals surface area contributed by atoms with Gasteiger partial charge in [0.2, 0.25) is 5.91 Å². The Bertz CT molecular complexity index is 896. The van der Waals surface area contributed by atoms with Gasteiger partial charge >= 0.3 is 0 Å². The Morgan fingerprint density at radius 3 is 2.59 bits per heavy atom. The van der Waals surface area contributed by atoms with Crippen molar-refractivity contribution in [2.45, 2.75) is 19.3 Å². The average molecular weight is 297 g/mol. The van der Waals surface area contributed by atoms with Crippen molar-refractivity contribution in [2.75, 3.05) is 0 Å². The molecule has 0 aliphatic rings. The number of carbonyl (C=O) groups excluding carboxylic acids is 1. The number of nitrogens with zero attached hydrogens (tertiary/aromatic N) is 2. The highest BCUT2D eigenvalue weighted by atomic mass is 16.1. The number of amides is 1. The molecule has 2 aromatic heterocycles. The lowest BCUT2D eigenvalue weighted by Gasteiger charge is -2.15. The van der Waals surface area contributed by atoms with E-state index in [0.29, 0.717) is 16.8 Å². The molecule has 4 N–H and O–H groups in total. The first-order valence-electron chi connectivity index (χ1n) is 6.82. The van der Waals surface area contributed by atoms with Gasteiger partial charge in [0.15, 0.2) is 0 Å². The van der Waals surface area contributed by atoms with E-state index in [4.69, 9.17) is 5.73 Å². The van der Waals surface area contributed by atoms with E-state index in [0.717, 1.165) is 11.1 Å². The first-order valence-corrected chi connectivity index (χ1v) is 6.82. The lowest BCUT2D eigenvalue weighted by atomic mass is 9.88. The van der Waals surface area contributed by atoms with Crippen molar-refractivity contribution in [3.05, 3.63) is 57.8 Å². The SMILES string of the molecule is Cc1[nH][nH]c(=O)c1C(CC(N)=O)c1ccc2nccnc2c1. The van der Waals surface area contributed by atoms with Crippen LogP contribution in [0.5, 0.6) is 0 Å². The molecule has 7 nitrogen and oxygen atoms in total. The van der Waals surface area contributed by atoms with Gasteiger partial charge < -0.3 is 10.8 Å². The molecule has 0 radical (unpaired) electrons. The molecule has 0 aliphatic carbocycles. The number of primary amides is 1. The molecule has 22 heavy (non-hydrogen) atoms. The standard InChI is InChI=1S/C15H15N5O2/c1-8-14(15(22)20-19-8)10(7-13(16)21)9-2-3-11-12(6-9)18-5-4-17-11/h2-6,10H,7H2,1H3,(H2,16,21)(H2,19,20,22). The number of hydrogen-bond donors (Lipinski definition) is 3. The third kappa shape index (κ3) is 2.48. The van der Waals surface area contributed by atoms with E-state index < -0.39 is 11.8 Å². The zero-order chi connectivity index (χ0) is 15.7. The van der Waals surface area contributed by atoms with E-state index in [1.807, 2.05) is 18.2 Å². The minimum atomic E-state index is -0.468. The van der Waals surface area contributed by atoms with Crippen LogP contribution in [0.15, 0.2) is 35.4 Å². The summed E-state index contributed by atoms with van der Waals surface area (Å²) < 4.78 is 0. The maximum atomic E-state index is 12.0. The number of rotatable bonds is 4. The Balaban J connectivity index is 2.15. The van der Waals surface area contributed by atoms with Crippen molar-refractivity contribution < 1.29 is 4.79 Å². The Labute approximate surface area is 125 Å². The van der Waals surface area contributed by atoms with Crippen LogP contribution in [-0.2, 0) is 4.79 Å². The number of aromatic nitrogens is 4. The van der Waals surface area contributed by atoms with E-state index in [2.05, 4.69) is 20.2 Å². The maximum Gasteiger partial charge on any atom is 0.267 e. The zero-order valence-corrected chi connectivity index (χ0v) is 12.0. The van der Waals surface area contributed by atoms with Gasteiger partial charge in [-0.25, -0.2) is 0 Å². The smallest absolute Gasteiger partial charge is 0.267 e. The predicted molar refractivity (Wildman–Crippen MR) is 81.3 cm³/mol. The van der Waals surface area contributed by atoms with E-state index >= 15 is 0 Å². The molecule has 1 unspecified atom stereocenters. The lowest BCUT2D eigenvalue weighted by Crippen LogP contribution is -2.20. The largest absolute Gasteiger partial charge is 0.370 e. The number of nitrogens with two attached hydrogens (primary N) is 1. The normalized spacial score (nSPS) is 12.4. The van der Waals surface area contributed by atoms with Gasteiger partial charge in [0.25, 0.3) is 5.56 Å². The summed E-state index contributed by atoms with van der Waals surface area (Å²) in [5.74, 6) is -0.886. The van der Waals surface area contributed by atoms with Crippen molar-refractivity contribution >= 4 is 16.9 Å². The molecule has 3 aromatic rings. The molecule has 0 aliphatic heterocycles. The molecule has 2 heterocycles. The van der Waals surface area contributed by atoms with Gasteiger partial charge in [-0.1, -0.05) is 6.07 Å². The third-order valence-corrected chi connectivity index (χ3v) is 3.66. The van der Waals surface area contributed by atoms with E-state index in [1.54, 1.807) is 19.3 Å². The monoisotopic (exact) mass is 297 g/mol. The summed E-state index contributed by atoms with van der Waals surface area (Å²) in [6.07, 6.45) is 3.26. The van der Waals surface area contributed by atoms with Crippen LogP contribution >= 0.6 is 0 Å². The number of aromatic amines is 2. The maximum absolute atomic E-state index is 12.0. The van der Waals surface area contributed by atoms with Crippen LogP contribution in [0.4, 0.5) is 0 Å². The summed E-state index contributed by atoms with van der Waals surface area (Å²) in [5.41, 5.74) is 8.59. The summed E-state index contributed by atoms with van der Waals surface area (Å²) in [4.78, 5) is 31.9. The fourth-order valence-electron chi connectivity index (χ4n) is 2.66. The van der Waals surface area contributed by atoms with Gasteiger partial charge in [-0.15, -0.1) is 0 Å². The van der Waals surface area contributed by atoms with Gasteiger partial charge in [-0.2, -0.15) is 0 Å². The molecule has 7 heteroatoms. The van der Waals surface area contributed by atoms with E-state index in [1.165, 1.54) is 0 Å². The van der Waals surface area contributed by atoms with Crippen LogP contribution in [0.3, 0.4) is 0 Å². The zero-order valence-electron chi connectivity index (χ0n) is 12.0.